The van der Waals surface area contributed by atoms with Crippen molar-refractivity contribution in [1.29, 1.82) is 0 Å². The lowest BCUT2D eigenvalue weighted by atomic mass is 10.0. The third-order valence-corrected chi connectivity index (χ3v) is 3.30. The van der Waals surface area contributed by atoms with Crippen LogP contribution in [0.5, 0.6) is 0 Å². The number of carbonyl (C=O) groups is 2. The number of hydrazone groups is 1. The Kier molecular flexibility index (Phi) is 2.40. The molecule has 1 saturated carbocycles. The molecule has 2 atom stereocenters. The van der Waals surface area contributed by atoms with Crippen molar-refractivity contribution in [1.82, 2.24) is 5.01 Å². The van der Waals surface area contributed by atoms with Gasteiger partial charge in [0.25, 0.3) is 0 Å². The molecule has 1 aromatic rings. The molecule has 0 saturated heterocycles. The van der Waals surface area contributed by atoms with E-state index in [-0.39, 0.29) is 24.3 Å². The van der Waals surface area contributed by atoms with Crippen molar-refractivity contribution in [2.24, 2.45) is 16.9 Å². The number of carboxylic acids is 1. The summed E-state index contributed by atoms with van der Waals surface area (Å²) in [6.07, 6.45) is 0.780. The number of hydrogen-bond donors (Lipinski definition) is 1. The Morgan fingerprint density at radius 2 is 2.06 bits per heavy atom. The Bertz CT molecular complexity index is 538. The summed E-state index contributed by atoms with van der Waals surface area (Å²) in [6, 6.07) is 9.60. The van der Waals surface area contributed by atoms with Crippen LogP contribution in [0.1, 0.15) is 12.0 Å². The fraction of sp³-hybridized carbons (Fsp3) is 0.308. The molecule has 0 spiro atoms. The average Bonchev–Trinajstić information content (AvgIpc) is 3.14. The normalized spacial score (nSPS) is 25.4. The van der Waals surface area contributed by atoms with Crippen molar-refractivity contribution in [2.45, 2.75) is 6.42 Å². The molecule has 1 heterocycles. The highest BCUT2D eigenvalue weighted by Crippen LogP contribution is 2.45. The van der Waals surface area contributed by atoms with Crippen LogP contribution in [0.2, 0.25) is 0 Å². The van der Waals surface area contributed by atoms with Gasteiger partial charge in [-0.25, -0.2) is 5.01 Å². The second-order valence-corrected chi connectivity index (χ2v) is 4.59. The SMILES string of the molecule is O=C(O)CN1N=C(c2ccccc2)[C@@H]2C[C@@H]2C1=O. The molecule has 1 fully saturated rings. The minimum Gasteiger partial charge on any atom is -0.480 e. The van der Waals surface area contributed by atoms with Crippen molar-refractivity contribution < 1.29 is 14.7 Å². The highest BCUT2D eigenvalue weighted by Gasteiger charge is 2.51. The summed E-state index contributed by atoms with van der Waals surface area (Å²) >= 11 is 0. The molecule has 5 nitrogen and oxygen atoms in total. The van der Waals surface area contributed by atoms with Crippen LogP contribution in [0, 0.1) is 11.8 Å². The number of aliphatic carboxylic acids is 1. The van der Waals surface area contributed by atoms with Crippen molar-refractivity contribution in [3.8, 4) is 0 Å². The van der Waals surface area contributed by atoms with Gasteiger partial charge in [-0.3, -0.25) is 9.59 Å². The van der Waals surface area contributed by atoms with Crippen molar-refractivity contribution in [3.05, 3.63) is 35.9 Å². The molecule has 1 amide bonds. The maximum absolute atomic E-state index is 11.8. The fourth-order valence-electron chi connectivity index (χ4n) is 2.34. The second kappa shape index (κ2) is 3.94. The summed E-state index contributed by atoms with van der Waals surface area (Å²) in [5.41, 5.74) is 1.80. The Hall–Kier alpha value is -2.17. The molecule has 2 aliphatic rings. The molecule has 0 aromatic heterocycles. The van der Waals surface area contributed by atoms with Gasteiger partial charge in [-0.2, -0.15) is 5.10 Å². The van der Waals surface area contributed by atoms with Gasteiger partial charge in [0.2, 0.25) is 5.91 Å². The molecule has 1 aromatic carbocycles. The first-order valence-corrected chi connectivity index (χ1v) is 5.84. The maximum atomic E-state index is 11.8. The van der Waals surface area contributed by atoms with Crippen LogP contribution in [-0.4, -0.2) is 34.2 Å². The number of carbonyl (C=O) groups excluding carboxylic acids is 1. The monoisotopic (exact) mass is 244 g/mol. The van der Waals surface area contributed by atoms with Gasteiger partial charge in [-0.05, 0) is 12.0 Å². The maximum Gasteiger partial charge on any atom is 0.325 e. The highest BCUT2D eigenvalue weighted by molar-refractivity contribution is 6.09. The van der Waals surface area contributed by atoms with E-state index in [1.807, 2.05) is 30.3 Å². The lowest BCUT2D eigenvalue weighted by Crippen LogP contribution is -2.37. The fourth-order valence-corrected chi connectivity index (χ4v) is 2.34. The quantitative estimate of drug-likeness (QED) is 0.860. The first-order chi connectivity index (χ1) is 8.66. The van der Waals surface area contributed by atoms with E-state index in [2.05, 4.69) is 5.10 Å². The minimum absolute atomic E-state index is 0.0722. The van der Waals surface area contributed by atoms with Crippen LogP contribution >= 0.6 is 0 Å². The molecule has 3 rings (SSSR count). The summed E-state index contributed by atoms with van der Waals surface area (Å²) in [5.74, 6) is -1.11. The first-order valence-electron chi connectivity index (χ1n) is 5.84. The zero-order chi connectivity index (χ0) is 12.7. The Labute approximate surface area is 104 Å². The summed E-state index contributed by atoms with van der Waals surface area (Å²) in [5, 5.41) is 14.1. The highest BCUT2D eigenvalue weighted by atomic mass is 16.4. The predicted molar refractivity (Wildman–Crippen MR) is 63.9 cm³/mol. The van der Waals surface area contributed by atoms with Crippen molar-refractivity contribution in [3.63, 3.8) is 0 Å². The molecule has 92 valence electrons. The lowest BCUT2D eigenvalue weighted by Gasteiger charge is -2.21. The predicted octanol–water partition coefficient (Wildman–Crippen LogP) is 0.954. The minimum atomic E-state index is -1.04. The van der Waals surface area contributed by atoms with E-state index < -0.39 is 5.97 Å². The van der Waals surface area contributed by atoms with Crippen molar-refractivity contribution >= 4 is 17.6 Å². The Morgan fingerprint density at radius 1 is 1.33 bits per heavy atom. The van der Waals surface area contributed by atoms with Gasteiger partial charge in [0, 0.05) is 11.8 Å². The zero-order valence-corrected chi connectivity index (χ0v) is 9.61. The van der Waals surface area contributed by atoms with Crippen LogP contribution in [0.25, 0.3) is 0 Å². The first kappa shape index (κ1) is 11.0. The summed E-state index contributed by atoms with van der Waals surface area (Å²) < 4.78 is 0. The van der Waals surface area contributed by atoms with E-state index in [4.69, 9.17) is 5.11 Å². The lowest BCUT2D eigenvalue weighted by molar-refractivity contribution is -0.145. The smallest absolute Gasteiger partial charge is 0.325 e. The third kappa shape index (κ3) is 1.77. The number of rotatable bonds is 3. The molecule has 1 N–H and O–H groups in total. The van der Waals surface area contributed by atoms with Gasteiger partial charge in [0.05, 0.1) is 5.71 Å². The van der Waals surface area contributed by atoms with E-state index >= 15 is 0 Å². The average molecular weight is 244 g/mol. The molecular formula is C13H12N2O3. The molecule has 0 bridgehead atoms. The summed E-state index contributed by atoms with van der Waals surface area (Å²) in [4.78, 5) is 22.5. The molecule has 1 aliphatic heterocycles. The van der Waals surface area contributed by atoms with Crippen LogP contribution < -0.4 is 0 Å². The number of hydrogen-bond acceptors (Lipinski definition) is 3. The van der Waals surface area contributed by atoms with E-state index in [0.717, 1.165) is 22.7 Å². The number of fused-ring (bicyclic) bond motifs is 1. The van der Waals surface area contributed by atoms with Gasteiger partial charge in [0.15, 0.2) is 0 Å². The number of benzene rings is 1. The van der Waals surface area contributed by atoms with E-state index in [9.17, 15) is 9.59 Å². The molecule has 0 radical (unpaired) electrons. The van der Waals surface area contributed by atoms with Gasteiger partial charge in [-0.1, -0.05) is 30.3 Å². The molecule has 5 heteroatoms. The largest absolute Gasteiger partial charge is 0.480 e. The summed E-state index contributed by atoms with van der Waals surface area (Å²) in [6.45, 7) is -0.363. The van der Waals surface area contributed by atoms with Crippen LogP contribution in [0.3, 0.4) is 0 Å². The van der Waals surface area contributed by atoms with Crippen LogP contribution in [0.4, 0.5) is 0 Å². The molecule has 1 aliphatic carbocycles. The molecule has 18 heavy (non-hydrogen) atoms. The van der Waals surface area contributed by atoms with Gasteiger partial charge in [-0.15, -0.1) is 0 Å². The van der Waals surface area contributed by atoms with Crippen LogP contribution in [0.15, 0.2) is 35.4 Å². The standard InChI is InChI=1S/C13H12N2O3/c16-11(17)7-15-13(18)10-6-9(10)12(14-15)8-4-2-1-3-5-8/h1-5,9-10H,6-7H2,(H,16,17)/t9-,10+/m1/s1. The van der Waals surface area contributed by atoms with E-state index in [1.54, 1.807) is 0 Å². The zero-order valence-electron chi connectivity index (χ0n) is 9.61. The number of carboxylic acid groups (broad SMARTS) is 1. The van der Waals surface area contributed by atoms with E-state index in [1.165, 1.54) is 0 Å². The van der Waals surface area contributed by atoms with Crippen molar-refractivity contribution in [2.75, 3.05) is 6.54 Å². The molecule has 0 unspecified atom stereocenters. The van der Waals surface area contributed by atoms with E-state index in [0.29, 0.717) is 0 Å². The van der Waals surface area contributed by atoms with Crippen LogP contribution in [-0.2, 0) is 9.59 Å². The Balaban J connectivity index is 1.94. The summed E-state index contributed by atoms with van der Waals surface area (Å²) in [7, 11) is 0. The third-order valence-electron chi connectivity index (χ3n) is 3.30. The topological polar surface area (TPSA) is 70.0 Å². The van der Waals surface area contributed by atoms with Gasteiger partial charge in [0.1, 0.15) is 6.54 Å². The van der Waals surface area contributed by atoms with Gasteiger partial charge < -0.3 is 5.11 Å². The second-order valence-electron chi connectivity index (χ2n) is 4.59. The number of nitrogens with zero attached hydrogens (tertiary/aromatic N) is 2. The van der Waals surface area contributed by atoms with Gasteiger partial charge >= 0.3 is 5.97 Å². The Morgan fingerprint density at radius 3 is 2.72 bits per heavy atom. The molecular weight excluding hydrogens is 232 g/mol. The number of amides is 1.